The van der Waals surface area contributed by atoms with Gasteiger partial charge in [-0.25, -0.2) is 18.7 Å². The monoisotopic (exact) mass is 540 g/mol. The van der Waals surface area contributed by atoms with E-state index < -0.39 is 11.6 Å². The van der Waals surface area contributed by atoms with Gasteiger partial charge in [-0.2, -0.15) is 0 Å². The van der Waals surface area contributed by atoms with E-state index in [1.165, 1.54) is 6.07 Å². The average molecular weight is 541 g/mol. The molecule has 4 aromatic heterocycles. The molecule has 0 spiro atoms. The van der Waals surface area contributed by atoms with Crippen LogP contribution >= 0.6 is 0 Å². The largest absolute Gasteiger partial charge is 0.481 e. The first kappa shape index (κ1) is 25.6. The van der Waals surface area contributed by atoms with Crippen LogP contribution in [0.1, 0.15) is 5.56 Å². The molecule has 1 fully saturated rings. The molecule has 0 radical (unpaired) electrons. The average Bonchev–Trinajstić information content (AvgIpc) is 2.99. The molecule has 5 aromatic rings. The molecule has 202 valence electrons. The third-order valence-corrected chi connectivity index (χ3v) is 6.88. The van der Waals surface area contributed by atoms with Gasteiger partial charge >= 0.3 is 0 Å². The molecule has 0 amide bonds. The van der Waals surface area contributed by atoms with E-state index in [1.54, 1.807) is 31.6 Å². The van der Waals surface area contributed by atoms with Crippen molar-refractivity contribution in [3.8, 4) is 28.5 Å². The molecule has 1 aliphatic heterocycles. The Hall–Kier alpha value is -4.70. The highest BCUT2D eigenvalue weighted by molar-refractivity contribution is 5.99. The van der Waals surface area contributed by atoms with Crippen LogP contribution in [-0.4, -0.2) is 53.3 Å². The van der Waals surface area contributed by atoms with Crippen molar-refractivity contribution in [3.63, 3.8) is 0 Å². The van der Waals surface area contributed by atoms with Crippen molar-refractivity contribution in [1.82, 2.24) is 19.9 Å². The molecule has 0 atom stereocenters. The van der Waals surface area contributed by atoms with Crippen LogP contribution in [0.3, 0.4) is 0 Å². The van der Waals surface area contributed by atoms with Crippen molar-refractivity contribution in [2.75, 3.05) is 43.6 Å². The van der Waals surface area contributed by atoms with Gasteiger partial charge in [0.15, 0.2) is 0 Å². The second-order valence-electron chi connectivity index (χ2n) is 9.36. The Morgan fingerprint density at radius 3 is 2.58 bits per heavy atom. The van der Waals surface area contributed by atoms with E-state index in [9.17, 15) is 4.39 Å². The summed E-state index contributed by atoms with van der Waals surface area (Å²) >= 11 is 0. The minimum atomic E-state index is -0.718. The number of nitrogens with zero attached hydrogens (tertiary/aromatic N) is 5. The third-order valence-electron chi connectivity index (χ3n) is 6.88. The molecule has 1 N–H and O–H groups in total. The first-order valence-corrected chi connectivity index (χ1v) is 12.8. The van der Waals surface area contributed by atoms with Crippen molar-refractivity contribution in [1.29, 1.82) is 0 Å². The van der Waals surface area contributed by atoms with Gasteiger partial charge in [-0.3, -0.25) is 9.97 Å². The summed E-state index contributed by atoms with van der Waals surface area (Å²) in [5, 5.41) is 3.63. The summed E-state index contributed by atoms with van der Waals surface area (Å²) < 4.78 is 40.6. The van der Waals surface area contributed by atoms with Crippen LogP contribution in [0.4, 0.5) is 25.8 Å². The molecular weight excluding hydrogens is 514 g/mol. The number of aromatic nitrogens is 4. The topological polar surface area (TPSA) is 85.3 Å². The summed E-state index contributed by atoms with van der Waals surface area (Å²) in [6, 6.07) is 13.2. The van der Waals surface area contributed by atoms with Gasteiger partial charge in [0.25, 0.3) is 0 Å². The van der Waals surface area contributed by atoms with Crippen LogP contribution in [0, 0.1) is 18.6 Å². The van der Waals surface area contributed by atoms with E-state index in [0.29, 0.717) is 53.1 Å². The van der Waals surface area contributed by atoms with Crippen molar-refractivity contribution >= 4 is 28.0 Å². The van der Waals surface area contributed by atoms with Crippen LogP contribution in [0.25, 0.3) is 33.5 Å². The Morgan fingerprint density at radius 1 is 0.950 bits per heavy atom. The maximum Gasteiger partial charge on any atom is 0.213 e. The summed E-state index contributed by atoms with van der Waals surface area (Å²) in [5.74, 6) is -0.989. The van der Waals surface area contributed by atoms with Crippen LogP contribution in [0.5, 0.6) is 5.88 Å². The van der Waals surface area contributed by atoms with Gasteiger partial charge < -0.3 is 19.7 Å². The van der Waals surface area contributed by atoms with E-state index in [0.717, 1.165) is 30.4 Å². The zero-order valence-electron chi connectivity index (χ0n) is 22.0. The molecule has 6 rings (SSSR count). The lowest BCUT2D eigenvalue weighted by Crippen LogP contribution is -2.36. The maximum atomic E-state index is 15.4. The molecular formula is C30H26F2N6O2. The SMILES string of the molecule is COc1cc(-c2ncc(N3CCOCC3)cc2Nc2c(C)c(-c3ccccn3)nc3cc(F)cc(F)c23)ccn1. The summed E-state index contributed by atoms with van der Waals surface area (Å²) in [5.41, 5.74) is 5.29. The van der Waals surface area contributed by atoms with Crippen molar-refractivity contribution in [2.24, 2.45) is 0 Å². The van der Waals surface area contributed by atoms with E-state index in [4.69, 9.17) is 14.5 Å². The van der Waals surface area contributed by atoms with Crippen LogP contribution in [-0.2, 0) is 4.74 Å². The zero-order valence-corrected chi connectivity index (χ0v) is 22.0. The predicted octanol–water partition coefficient (Wildman–Crippen LogP) is 5.93. The molecule has 5 heterocycles. The van der Waals surface area contributed by atoms with Crippen molar-refractivity contribution in [3.05, 3.63) is 84.3 Å². The molecule has 8 nitrogen and oxygen atoms in total. The zero-order chi connectivity index (χ0) is 27.6. The Bertz CT molecular complexity index is 1690. The Balaban J connectivity index is 1.57. The highest BCUT2D eigenvalue weighted by atomic mass is 19.1. The number of benzene rings is 1. The lowest BCUT2D eigenvalue weighted by atomic mass is 10.0. The maximum absolute atomic E-state index is 15.4. The van der Waals surface area contributed by atoms with Gasteiger partial charge in [-0.05, 0) is 31.2 Å². The number of nitrogens with one attached hydrogen (secondary N) is 1. The number of rotatable bonds is 6. The highest BCUT2D eigenvalue weighted by Gasteiger charge is 2.21. The number of methoxy groups -OCH3 is 1. The van der Waals surface area contributed by atoms with Gasteiger partial charge in [-0.1, -0.05) is 6.07 Å². The van der Waals surface area contributed by atoms with Crippen molar-refractivity contribution in [2.45, 2.75) is 6.92 Å². The number of hydrogen-bond donors (Lipinski definition) is 1. The Morgan fingerprint density at radius 2 is 1.80 bits per heavy atom. The molecule has 1 aliphatic rings. The van der Waals surface area contributed by atoms with Gasteiger partial charge in [0.2, 0.25) is 5.88 Å². The van der Waals surface area contributed by atoms with Gasteiger partial charge in [0, 0.05) is 54.8 Å². The van der Waals surface area contributed by atoms with E-state index >= 15 is 4.39 Å². The number of morpholine rings is 1. The summed E-state index contributed by atoms with van der Waals surface area (Å²) in [6.45, 7) is 4.52. The normalized spacial score (nSPS) is 13.4. The standard InChI is InChI=1S/C30H26F2N6O2/c1-18-28(23-5-3-4-7-33-23)36-24-15-20(31)14-22(32)27(24)29(18)37-25-16-21(38-9-11-40-12-10-38)17-35-30(25)19-6-8-34-26(13-19)39-2/h3-8,13-17H,9-12H2,1-2H3,(H,36,37). The quantitative estimate of drug-likeness (QED) is 0.284. The Kier molecular flexibility index (Phi) is 6.91. The minimum absolute atomic E-state index is 0.175. The second kappa shape index (κ2) is 10.8. The van der Waals surface area contributed by atoms with Crippen molar-refractivity contribution < 1.29 is 18.3 Å². The molecule has 1 saturated heterocycles. The number of pyridine rings is 4. The first-order chi connectivity index (χ1) is 19.5. The second-order valence-corrected chi connectivity index (χ2v) is 9.36. The number of halogens is 2. The fourth-order valence-electron chi connectivity index (χ4n) is 4.89. The number of ether oxygens (including phenoxy) is 2. The van der Waals surface area contributed by atoms with E-state index in [2.05, 4.69) is 25.2 Å². The van der Waals surface area contributed by atoms with Gasteiger partial charge in [0.05, 0.1) is 71.6 Å². The fraction of sp³-hybridized carbons (Fsp3) is 0.200. The third kappa shape index (κ3) is 4.89. The van der Waals surface area contributed by atoms with Gasteiger partial charge in [0.1, 0.15) is 11.6 Å². The highest BCUT2D eigenvalue weighted by Crippen LogP contribution is 2.39. The molecule has 40 heavy (non-hydrogen) atoms. The molecule has 0 aliphatic carbocycles. The summed E-state index contributed by atoms with van der Waals surface area (Å²) in [6.07, 6.45) is 5.11. The fourth-order valence-corrected chi connectivity index (χ4v) is 4.89. The van der Waals surface area contributed by atoms with Crippen LogP contribution in [0.15, 0.2) is 67.1 Å². The first-order valence-electron chi connectivity index (χ1n) is 12.8. The molecule has 1 aromatic carbocycles. The predicted molar refractivity (Wildman–Crippen MR) is 150 cm³/mol. The molecule has 0 saturated carbocycles. The van der Waals surface area contributed by atoms with Crippen LogP contribution < -0.4 is 15.0 Å². The van der Waals surface area contributed by atoms with E-state index in [1.807, 2.05) is 37.4 Å². The number of fused-ring (bicyclic) bond motifs is 1. The number of anilines is 3. The van der Waals surface area contributed by atoms with E-state index in [-0.39, 0.29) is 10.9 Å². The minimum Gasteiger partial charge on any atom is -0.481 e. The number of hydrogen-bond acceptors (Lipinski definition) is 8. The summed E-state index contributed by atoms with van der Waals surface area (Å²) in [7, 11) is 1.55. The molecule has 10 heteroatoms. The summed E-state index contributed by atoms with van der Waals surface area (Å²) in [4.78, 5) is 20.3. The molecule has 0 bridgehead atoms. The molecule has 0 unspecified atom stereocenters. The van der Waals surface area contributed by atoms with Crippen LogP contribution in [0.2, 0.25) is 0 Å². The van der Waals surface area contributed by atoms with Gasteiger partial charge in [-0.15, -0.1) is 0 Å². The lowest BCUT2D eigenvalue weighted by Gasteiger charge is -2.29. The smallest absolute Gasteiger partial charge is 0.213 e. The lowest BCUT2D eigenvalue weighted by molar-refractivity contribution is 0.122. The Labute approximate surface area is 229 Å².